The summed E-state index contributed by atoms with van der Waals surface area (Å²) in [5.74, 6) is -2.04. The number of nitro benzene ring substituents is 1. The fraction of sp³-hybridized carbons (Fsp3) is 0.150. The van der Waals surface area contributed by atoms with E-state index in [9.17, 15) is 28.4 Å². The molecule has 0 radical (unpaired) electrons. The maximum absolute atomic E-state index is 12.9. The zero-order chi connectivity index (χ0) is 22.4. The number of benzene rings is 2. The number of hydrogen-bond acceptors (Lipinski definition) is 6. The Morgan fingerprint density at radius 2 is 1.90 bits per heavy atom. The molecule has 1 saturated carbocycles. The molecule has 2 atom stereocenters. The second-order valence-electron chi connectivity index (χ2n) is 7.12. The summed E-state index contributed by atoms with van der Waals surface area (Å²) in [6.07, 6.45) is -0.00184. The van der Waals surface area contributed by atoms with Gasteiger partial charge in [0.1, 0.15) is 9.75 Å². The number of sulfonamides is 1. The van der Waals surface area contributed by atoms with Crippen LogP contribution in [0.3, 0.4) is 0 Å². The summed E-state index contributed by atoms with van der Waals surface area (Å²) < 4.78 is 28.2. The van der Waals surface area contributed by atoms with Gasteiger partial charge in [-0.3, -0.25) is 14.9 Å². The van der Waals surface area contributed by atoms with E-state index < -0.39 is 32.4 Å². The molecule has 8 nitrogen and oxygen atoms in total. The zero-order valence-electron chi connectivity index (χ0n) is 15.7. The summed E-state index contributed by atoms with van der Waals surface area (Å²) >= 11 is 6.89. The summed E-state index contributed by atoms with van der Waals surface area (Å²) in [5.41, 5.74) is -0.757. The highest BCUT2D eigenvalue weighted by Crippen LogP contribution is 2.53. The number of non-ortho nitro benzene ring substituents is 1. The predicted molar refractivity (Wildman–Crippen MR) is 116 cm³/mol. The van der Waals surface area contributed by atoms with Gasteiger partial charge in [0.15, 0.2) is 0 Å². The van der Waals surface area contributed by atoms with Crippen LogP contribution in [0.4, 0.5) is 5.69 Å². The first-order valence-electron chi connectivity index (χ1n) is 9.00. The van der Waals surface area contributed by atoms with Gasteiger partial charge in [-0.1, -0.05) is 35.9 Å². The standard InChI is InChI=1S/C20H15ClN2O6S2/c21-14-6-4-12(5-7-14)17-8-9-18(30-17)31(28,29)22-20(19(24)25)11-16(20)13-2-1-3-15(10-13)23(26)27/h1-10,16,22H,11H2,(H,24,25)/t16-,20+/m1/s1. The summed E-state index contributed by atoms with van der Waals surface area (Å²) in [7, 11) is -4.14. The maximum atomic E-state index is 12.9. The molecule has 3 aromatic rings. The molecule has 0 aliphatic heterocycles. The molecular weight excluding hydrogens is 464 g/mol. The first kappa shape index (κ1) is 21.4. The van der Waals surface area contributed by atoms with E-state index in [0.29, 0.717) is 15.5 Å². The topological polar surface area (TPSA) is 127 Å². The minimum atomic E-state index is -4.14. The van der Waals surface area contributed by atoms with Crippen LogP contribution in [0.1, 0.15) is 17.9 Å². The van der Waals surface area contributed by atoms with E-state index in [4.69, 9.17) is 11.6 Å². The monoisotopic (exact) mass is 478 g/mol. The SMILES string of the molecule is O=C(O)[C@]1(NS(=O)(=O)c2ccc(-c3ccc(Cl)cc3)s2)C[C@@H]1c1cccc([N+](=O)[O-])c1. The molecule has 4 rings (SSSR count). The Labute approximate surface area is 186 Å². The quantitative estimate of drug-likeness (QED) is 0.385. The lowest BCUT2D eigenvalue weighted by molar-refractivity contribution is -0.384. The summed E-state index contributed by atoms with van der Waals surface area (Å²) in [6, 6.07) is 15.5. The van der Waals surface area contributed by atoms with E-state index in [1.165, 1.54) is 24.3 Å². The van der Waals surface area contributed by atoms with Gasteiger partial charge in [0.05, 0.1) is 4.92 Å². The van der Waals surface area contributed by atoms with Crippen molar-refractivity contribution in [2.24, 2.45) is 0 Å². The van der Waals surface area contributed by atoms with Crippen LogP contribution >= 0.6 is 22.9 Å². The van der Waals surface area contributed by atoms with Gasteiger partial charge in [-0.25, -0.2) is 8.42 Å². The molecule has 1 fully saturated rings. The van der Waals surface area contributed by atoms with Crippen molar-refractivity contribution >= 4 is 44.6 Å². The first-order chi connectivity index (χ1) is 14.6. The van der Waals surface area contributed by atoms with Gasteiger partial charge in [-0.05, 0) is 41.8 Å². The number of carboxylic acid groups (broad SMARTS) is 1. The van der Waals surface area contributed by atoms with Gasteiger partial charge < -0.3 is 5.11 Å². The molecule has 1 aliphatic rings. The highest BCUT2D eigenvalue weighted by Gasteiger charge is 2.63. The number of nitrogens with one attached hydrogen (secondary N) is 1. The average molecular weight is 479 g/mol. The van der Waals surface area contributed by atoms with E-state index in [1.54, 1.807) is 36.4 Å². The lowest BCUT2D eigenvalue weighted by Crippen LogP contribution is -2.44. The number of nitrogens with zero attached hydrogens (tertiary/aromatic N) is 1. The van der Waals surface area contributed by atoms with Gasteiger partial charge in [0, 0.05) is 28.0 Å². The van der Waals surface area contributed by atoms with Gasteiger partial charge in [0.25, 0.3) is 15.7 Å². The van der Waals surface area contributed by atoms with Crippen molar-refractivity contribution in [2.45, 2.75) is 22.1 Å². The number of hydrogen-bond donors (Lipinski definition) is 2. The highest BCUT2D eigenvalue weighted by atomic mass is 35.5. The molecule has 2 N–H and O–H groups in total. The molecule has 1 aromatic heterocycles. The summed E-state index contributed by atoms with van der Waals surface area (Å²) in [4.78, 5) is 23.1. The lowest BCUT2D eigenvalue weighted by atomic mass is 10.1. The zero-order valence-corrected chi connectivity index (χ0v) is 18.1. The Kier molecular flexibility index (Phi) is 5.34. The Morgan fingerprint density at radius 1 is 1.19 bits per heavy atom. The Hall–Kier alpha value is -2.79. The molecule has 31 heavy (non-hydrogen) atoms. The maximum Gasteiger partial charge on any atom is 0.325 e. The van der Waals surface area contributed by atoms with Crippen LogP contribution in [0.5, 0.6) is 0 Å². The number of halogens is 1. The van der Waals surface area contributed by atoms with E-state index in [1.807, 2.05) is 0 Å². The molecule has 0 saturated heterocycles. The Balaban J connectivity index is 1.61. The fourth-order valence-corrected chi connectivity index (χ4v) is 6.28. The van der Waals surface area contributed by atoms with Crippen LogP contribution in [-0.4, -0.2) is 30.0 Å². The van der Waals surface area contributed by atoms with Crippen LogP contribution in [0.2, 0.25) is 5.02 Å². The molecule has 0 bridgehead atoms. The van der Waals surface area contributed by atoms with Crippen LogP contribution in [-0.2, 0) is 14.8 Å². The van der Waals surface area contributed by atoms with Crippen LogP contribution < -0.4 is 4.72 Å². The van der Waals surface area contributed by atoms with Crippen molar-refractivity contribution in [2.75, 3.05) is 0 Å². The minimum absolute atomic E-state index is 0.00184. The van der Waals surface area contributed by atoms with Gasteiger partial charge in [0.2, 0.25) is 0 Å². The summed E-state index contributed by atoms with van der Waals surface area (Å²) in [5, 5.41) is 21.3. The van der Waals surface area contributed by atoms with E-state index in [0.717, 1.165) is 16.9 Å². The lowest BCUT2D eigenvalue weighted by Gasteiger charge is -2.14. The Bertz CT molecular complexity index is 1290. The predicted octanol–water partition coefficient (Wildman–Crippen LogP) is 4.27. The van der Waals surface area contributed by atoms with Gasteiger partial charge in [-0.15, -0.1) is 11.3 Å². The van der Waals surface area contributed by atoms with Crippen LogP contribution in [0.25, 0.3) is 10.4 Å². The number of aliphatic carboxylic acids is 1. The van der Waals surface area contributed by atoms with Crippen molar-refractivity contribution in [3.05, 3.63) is 81.4 Å². The van der Waals surface area contributed by atoms with E-state index in [-0.39, 0.29) is 16.3 Å². The molecular formula is C20H15ClN2O6S2. The van der Waals surface area contributed by atoms with E-state index >= 15 is 0 Å². The summed E-state index contributed by atoms with van der Waals surface area (Å²) in [6.45, 7) is 0. The van der Waals surface area contributed by atoms with Crippen molar-refractivity contribution < 1.29 is 23.2 Å². The van der Waals surface area contributed by atoms with Crippen molar-refractivity contribution in [3.8, 4) is 10.4 Å². The van der Waals surface area contributed by atoms with E-state index in [2.05, 4.69) is 4.72 Å². The smallest absolute Gasteiger partial charge is 0.325 e. The fourth-order valence-electron chi connectivity index (χ4n) is 3.44. The molecule has 2 aromatic carbocycles. The molecule has 11 heteroatoms. The molecule has 1 heterocycles. The third kappa shape index (κ3) is 4.07. The van der Waals surface area contributed by atoms with Gasteiger partial charge >= 0.3 is 5.97 Å². The number of rotatable bonds is 7. The molecule has 0 spiro atoms. The molecule has 1 aliphatic carbocycles. The molecule has 0 amide bonds. The third-order valence-corrected chi connectivity index (χ3v) is 8.51. The first-order valence-corrected chi connectivity index (χ1v) is 11.7. The van der Waals surface area contributed by atoms with Crippen LogP contribution in [0, 0.1) is 10.1 Å². The van der Waals surface area contributed by atoms with Crippen molar-refractivity contribution in [1.29, 1.82) is 0 Å². The van der Waals surface area contributed by atoms with Crippen molar-refractivity contribution in [1.82, 2.24) is 4.72 Å². The second kappa shape index (κ2) is 7.72. The average Bonchev–Trinajstić information content (AvgIpc) is 3.22. The largest absolute Gasteiger partial charge is 0.480 e. The number of nitro groups is 1. The molecule has 0 unspecified atom stereocenters. The minimum Gasteiger partial charge on any atom is -0.480 e. The third-order valence-electron chi connectivity index (χ3n) is 5.12. The second-order valence-corrected chi connectivity index (χ2v) is 10.5. The number of thiophene rings is 1. The Morgan fingerprint density at radius 3 is 2.55 bits per heavy atom. The van der Waals surface area contributed by atoms with Crippen LogP contribution in [0.15, 0.2) is 64.9 Å². The molecule has 160 valence electrons. The number of carboxylic acids is 1. The van der Waals surface area contributed by atoms with Gasteiger partial charge in [-0.2, -0.15) is 4.72 Å². The van der Waals surface area contributed by atoms with Crippen molar-refractivity contribution in [3.63, 3.8) is 0 Å². The number of carbonyl (C=O) groups is 1. The normalized spacial score (nSPS) is 20.4. The highest BCUT2D eigenvalue weighted by molar-refractivity contribution is 7.91.